The van der Waals surface area contributed by atoms with Crippen molar-refractivity contribution in [2.45, 2.75) is 57.2 Å². The number of aromatic nitrogens is 1. The Labute approximate surface area is 139 Å². The van der Waals surface area contributed by atoms with Gasteiger partial charge in [0, 0.05) is 30.1 Å². The van der Waals surface area contributed by atoms with Crippen molar-refractivity contribution in [2.75, 3.05) is 6.54 Å². The average molecular weight is 334 g/mol. The van der Waals surface area contributed by atoms with Crippen molar-refractivity contribution in [3.63, 3.8) is 0 Å². The molecule has 1 aromatic heterocycles. The molecule has 23 heavy (non-hydrogen) atoms. The lowest BCUT2D eigenvalue weighted by molar-refractivity contribution is -0.128. The number of rotatable bonds is 5. The van der Waals surface area contributed by atoms with Crippen LogP contribution in [0.15, 0.2) is 6.20 Å². The second-order valence-corrected chi connectivity index (χ2v) is 8.19. The fraction of sp³-hybridized carbons (Fsp3) is 0.688. The predicted octanol–water partition coefficient (Wildman–Crippen LogP) is 1.97. The summed E-state index contributed by atoms with van der Waals surface area (Å²) in [6.45, 7) is 2.68. The van der Waals surface area contributed by atoms with Crippen molar-refractivity contribution in [1.82, 2.24) is 20.5 Å². The first kappa shape index (κ1) is 14.9. The lowest BCUT2D eigenvalue weighted by Crippen LogP contribution is -2.45. The Kier molecular flexibility index (Phi) is 3.75. The van der Waals surface area contributed by atoms with E-state index in [2.05, 4.69) is 15.6 Å². The quantitative estimate of drug-likeness (QED) is 0.864. The van der Waals surface area contributed by atoms with Crippen LogP contribution < -0.4 is 10.6 Å². The third kappa shape index (κ3) is 3.34. The van der Waals surface area contributed by atoms with Crippen LogP contribution in [0.4, 0.5) is 4.79 Å². The van der Waals surface area contributed by atoms with E-state index in [0.717, 1.165) is 35.6 Å². The summed E-state index contributed by atoms with van der Waals surface area (Å²) in [6.07, 6.45) is 6.78. The van der Waals surface area contributed by atoms with Gasteiger partial charge in [-0.3, -0.25) is 4.79 Å². The maximum Gasteiger partial charge on any atom is 0.315 e. The first-order valence-corrected chi connectivity index (χ1v) is 9.20. The van der Waals surface area contributed by atoms with E-state index in [9.17, 15) is 9.59 Å². The average Bonchev–Trinajstić information content (AvgIpc) is 3.41. The van der Waals surface area contributed by atoms with Crippen LogP contribution >= 0.6 is 11.3 Å². The van der Waals surface area contributed by atoms with Crippen molar-refractivity contribution < 1.29 is 9.59 Å². The summed E-state index contributed by atoms with van der Waals surface area (Å²) in [7, 11) is 0. The number of carbonyl (C=O) groups excluding carboxylic acids is 2. The van der Waals surface area contributed by atoms with E-state index in [1.54, 1.807) is 11.3 Å². The van der Waals surface area contributed by atoms with Gasteiger partial charge in [-0.2, -0.15) is 0 Å². The fourth-order valence-electron chi connectivity index (χ4n) is 3.26. The smallest absolute Gasteiger partial charge is 0.315 e. The molecule has 124 valence electrons. The predicted molar refractivity (Wildman–Crippen MR) is 87.1 cm³/mol. The Balaban J connectivity index is 1.34. The van der Waals surface area contributed by atoms with Gasteiger partial charge in [-0.1, -0.05) is 0 Å². The first-order valence-electron chi connectivity index (χ1n) is 8.39. The van der Waals surface area contributed by atoms with Crippen molar-refractivity contribution in [2.24, 2.45) is 5.92 Å². The molecule has 1 aliphatic heterocycles. The fourth-order valence-corrected chi connectivity index (χ4v) is 4.18. The minimum atomic E-state index is -0.176. The van der Waals surface area contributed by atoms with Gasteiger partial charge in [0.2, 0.25) is 5.91 Å². The minimum absolute atomic E-state index is 0.00494. The van der Waals surface area contributed by atoms with Crippen LogP contribution in [0.5, 0.6) is 0 Å². The molecular weight excluding hydrogens is 312 g/mol. The molecule has 0 radical (unpaired) electrons. The van der Waals surface area contributed by atoms with Crippen LogP contribution in [0.1, 0.15) is 48.0 Å². The van der Waals surface area contributed by atoms with Crippen LogP contribution in [0, 0.1) is 12.8 Å². The molecule has 6 nitrogen and oxygen atoms in total. The second kappa shape index (κ2) is 5.78. The van der Waals surface area contributed by atoms with E-state index in [4.69, 9.17) is 0 Å². The lowest BCUT2D eigenvalue weighted by Gasteiger charge is -2.19. The zero-order chi connectivity index (χ0) is 16.0. The maximum atomic E-state index is 12.3. The molecule has 3 fully saturated rings. The highest BCUT2D eigenvalue weighted by Gasteiger charge is 2.40. The van der Waals surface area contributed by atoms with Gasteiger partial charge in [0.05, 0.1) is 12.1 Å². The molecule has 0 unspecified atom stereocenters. The molecule has 1 aromatic rings. The summed E-state index contributed by atoms with van der Waals surface area (Å²) in [5, 5.41) is 7.04. The molecule has 7 heteroatoms. The van der Waals surface area contributed by atoms with E-state index in [0.29, 0.717) is 24.9 Å². The summed E-state index contributed by atoms with van der Waals surface area (Å²) in [6, 6.07) is 0.186. The van der Waals surface area contributed by atoms with Crippen molar-refractivity contribution in [3.8, 4) is 0 Å². The number of nitrogens with zero attached hydrogens (tertiary/aromatic N) is 2. The summed E-state index contributed by atoms with van der Waals surface area (Å²) in [5.41, 5.74) is 0. The number of likely N-dealkylation sites (tertiary alicyclic amines) is 1. The number of aryl methyl sites for hydroxylation is 1. The highest BCUT2D eigenvalue weighted by Crippen LogP contribution is 2.42. The number of amides is 3. The van der Waals surface area contributed by atoms with Gasteiger partial charge in [-0.15, -0.1) is 11.3 Å². The normalized spacial score (nSPS) is 25.5. The topological polar surface area (TPSA) is 74.3 Å². The molecule has 3 amide bonds. The third-order valence-corrected chi connectivity index (χ3v) is 5.76. The SMILES string of the molecule is Cc1cnc([C@@H](NC(=O)N[C@@H]2CC(=O)N(C3CC3)C2)C2CC2)s1. The zero-order valence-corrected chi connectivity index (χ0v) is 14.1. The zero-order valence-electron chi connectivity index (χ0n) is 13.2. The maximum absolute atomic E-state index is 12.3. The van der Waals surface area contributed by atoms with Gasteiger partial charge in [-0.25, -0.2) is 9.78 Å². The molecule has 1 saturated heterocycles. The number of nitrogens with one attached hydrogen (secondary N) is 2. The number of hydrogen-bond acceptors (Lipinski definition) is 4. The Morgan fingerprint density at radius 3 is 2.78 bits per heavy atom. The highest BCUT2D eigenvalue weighted by atomic mass is 32.1. The van der Waals surface area contributed by atoms with Gasteiger partial charge < -0.3 is 15.5 Å². The van der Waals surface area contributed by atoms with Crippen molar-refractivity contribution in [1.29, 1.82) is 0 Å². The Morgan fingerprint density at radius 2 is 2.17 bits per heavy atom. The summed E-state index contributed by atoms with van der Waals surface area (Å²) in [4.78, 5) is 31.8. The highest BCUT2D eigenvalue weighted by molar-refractivity contribution is 7.11. The van der Waals surface area contributed by atoms with E-state index in [-0.39, 0.29) is 24.0 Å². The summed E-state index contributed by atoms with van der Waals surface area (Å²) in [5.74, 6) is 0.673. The molecule has 2 atom stereocenters. The molecule has 2 saturated carbocycles. The Hall–Kier alpha value is -1.63. The van der Waals surface area contributed by atoms with E-state index < -0.39 is 0 Å². The van der Waals surface area contributed by atoms with Crippen LogP contribution in [-0.2, 0) is 4.79 Å². The van der Waals surface area contributed by atoms with Crippen molar-refractivity contribution in [3.05, 3.63) is 16.1 Å². The van der Waals surface area contributed by atoms with Crippen LogP contribution in [-0.4, -0.2) is 40.5 Å². The molecule has 0 spiro atoms. The number of thiazole rings is 1. The number of urea groups is 1. The summed E-state index contributed by atoms with van der Waals surface area (Å²) < 4.78 is 0. The van der Waals surface area contributed by atoms with Gasteiger partial charge >= 0.3 is 6.03 Å². The van der Waals surface area contributed by atoms with Gasteiger partial charge in [0.15, 0.2) is 0 Å². The third-order valence-electron chi connectivity index (χ3n) is 4.77. The molecule has 0 bridgehead atoms. The van der Waals surface area contributed by atoms with Crippen LogP contribution in [0.2, 0.25) is 0 Å². The lowest BCUT2D eigenvalue weighted by atomic mass is 10.2. The standard InChI is InChI=1S/C16H22N4O2S/c1-9-7-17-15(23-9)14(10-2-3-10)19-16(22)18-11-6-13(21)20(8-11)12-4-5-12/h7,10-12,14H,2-6,8H2,1H3,(H2,18,19,22)/t11-,14+/m1/s1. The monoisotopic (exact) mass is 334 g/mol. The van der Waals surface area contributed by atoms with Gasteiger partial charge in [-0.05, 0) is 38.5 Å². The number of carbonyl (C=O) groups is 2. The van der Waals surface area contributed by atoms with Crippen molar-refractivity contribution >= 4 is 23.3 Å². The van der Waals surface area contributed by atoms with Crippen LogP contribution in [0.25, 0.3) is 0 Å². The molecular formula is C16H22N4O2S. The number of hydrogen-bond donors (Lipinski definition) is 2. The van der Waals surface area contributed by atoms with Crippen LogP contribution in [0.3, 0.4) is 0 Å². The van der Waals surface area contributed by atoms with Gasteiger partial charge in [0.25, 0.3) is 0 Å². The molecule has 2 aliphatic carbocycles. The largest absolute Gasteiger partial charge is 0.338 e. The van der Waals surface area contributed by atoms with E-state index in [1.165, 1.54) is 0 Å². The Morgan fingerprint density at radius 1 is 1.39 bits per heavy atom. The molecule has 4 rings (SSSR count). The summed E-state index contributed by atoms with van der Waals surface area (Å²) >= 11 is 1.65. The van der Waals surface area contributed by atoms with E-state index in [1.807, 2.05) is 18.0 Å². The molecule has 2 heterocycles. The van der Waals surface area contributed by atoms with Gasteiger partial charge in [0.1, 0.15) is 5.01 Å². The second-order valence-electron chi connectivity index (χ2n) is 6.92. The minimum Gasteiger partial charge on any atom is -0.338 e. The molecule has 0 aromatic carbocycles. The first-order chi connectivity index (χ1) is 11.1. The van der Waals surface area contributed by atoms with E-state index >= 15 is 0 Å². The Bertz CT molecular complexity index is 623. The molecule has 3 aliphatic rings. The molecule has 2 N–H and O–H groups in total.